The van der Waals surface area contributed by atoms with E-state index in [2.05, 4.69) is 35.0 Å². The molecule has 0 aliphatic carbocycles. The van der Waals surface area contributed by atoms with E-state index in [4.69, 9.17) is 4.74 Å². The maximum absolute atomic E-state index is 5.31. The lowest BCUT2D eigenvalue weighted by atomic mass is 10.0. The minimum absolute atomic E-state index is 0.0146. The second-order valence-electron chi connectivity index (χ2n) is 3.03. The number of hydrogen-bond acceptors (Lipinski definition) is 1. The third-order valence-electron chi connectivity index (χ3n) is 2.03. The predicted octanol–water partition coefficient (Wildman–Crippen LogP) is 2.69. The van der Waals surface area contributed by atoms with Gasteiger partial charge in [0.15, 0.2) is 0 Å². The Morgan fingerprint density at radius 2 is 1.91 bits per heavy atom. The Bertz CT molecular complexity index is 261. The zero-order valence-corrected chi connectivity index (χ0v) is 7.89. The molecule has 0 radical (unpaired) electrons. The van der Waals surface area contributed by atoms with Crippen molar-refractivity contribution in [1.82, 2.24) is 0 Å². The zero-order valence-electron chi connectivity index (χ0n) is 6.30. The summed E-state index contributed by atoms with van der Waals surface area (Å²) in [7, 11) is 0. The van der Waals surface area contributed by atoms with Gasteiger partial charge in [0.05, 0.1) is 6.61 Å². The summed E-state index contributed by atoms with van der Waals surface area (Å²) in [6.45, 7) is 2.96. The first-order valence-electron chi connectivity index (χ1n) is 3.61. The molecule has 1 fully saturated rings. The van der Waals surface area contributed by atoms with Crippen molar-refractivity contribution < 1.29 is 4.74 Å². The van der Waals surface area contributed by atoms with Gasteiger partial charge in [-0.05, 0) is 24.6 Å². The Hall–Kier alpha value is -0.340. The van der Waals surface area contributed by atoms with Crippen LogP contribution in [-0.2, 0) is 10.3 Å². The normalized spacial score (nSPS) is 28.5. The number of benzene rings is 1. The first-order chi connectivity index (χ1) is 5.21. The highest BCUT2D eigenvalue weighted by molar-refractivity contribution is 9.10. The van der Waals surface area contributed by atoms with Crippen molar-refractivity contribution in [1.29, 1.82) is 0 Å². The number of ether oxygens (including phenoxy) is 1. The van der Waals surface area contributed by atoms with Gasteiger partial charge in [0, 0.05) is 4.47 Å². The van der Waals surface area contributed by atoms with E-state index in [1.165, 1.54) is 5.56 Å². The molecule has 1 aliphatic rings. The van der Waals surface area contributed by atoms with E-state index in [0.29, 0.717) is 0 Å². The monoisotopic (exact) mass is 212 g/mol. The molecule has 0 bridgehead atoms. The van der Waals surface area contributed by atoms with Crippen LogP contribution >= 0.6 is 15.9 Å². The van der Waals surface area contributed by atoms with Crippen LogP contribution in [0.2, 0.25) is 0 Å². The first-order valence-corrected chi connectivity index (χ1v) is 4.40. The van der Waals surface area contributed by atoms with Crippen molar-refractivity contribution in [3.05, 3.63) is 34.3 Å². The van der Waals surface area contributed by atoms with E-state index < -0.39 is 0 Å². The maximum atomic E-state index is 5.31. The molecule has 0 saturated carbocycles. The Kier molecular flexibility index (Phi) is 1.55. The fraction of sp³-hybridized carbons (Fsp3) is 0.333. The number of halogens is 1. The van der Waals surface area contributed by atoms with Crippen molar-refractivity contribution in [2.75, 3.05) is 6.61 Å². The average molecular weight is 213 g/mol. The van der Waals surface area contributed by atoms with Gasteiger partial charge in [-0.25, -0.2) is 0 Å². The highest BCUT2D eigenvalue weighted by atomic mass is 79.9. The number of epoxide rings is 1. The molecular weight excluding hydrogens is 204 g/mol. The topological polar surface area (TPSA) is 12.5 Å². The zero-order chi connectivity index (χ0) is 7.90. The minimum atomic E-state index is 0.0146. The van der Waals surface area contributed by atoms with Gasteiger partial charge < -0.3 is 4.74 Å². The summed E-state index contributed by atoms with van der Waals surface area (Å²) in [6, 6.07) is 8.28. The van der Waals surface area contributed by atoms with Crippen molar-refractivity contribution >= 4 is 15.9 Å². The highest BCUT2D eigenvalue weighted by Gasteiger charge is 2.40. The van der Waals surface area contributed by atoms with Crippen molar-refractivity contribution in [3.8, 4) is 0 Å². The summed E-state index contributed by atoms with van der Waals surface area (Å²) < 4.78 is 6.42. The lowest BCUT2D eigenvalue weighted by molar-refractivity contribution is 0.329. The van der Waals surface area contributed by atoms with E-state index >= 15 is 0 Å². The second-order valence-corrected chi connectivity index (χ2v) is 3.94. The van der Waals surface area contributed by atoms with Crippen LogP contribution in [0.25, 0.3) is 0 Å². The van der Waals surface area contributed by atoms with Gasteiger partial charge in [-0.3, -0.25) is 0 Å². The molecule has 0 N–H and O–H groups in total. The molecule has 0 aromatic heterocycles. The molecular formula is C9H9BrO. The molecule has 1 aromatic carbocycles. The van der Waals surface area contributed by atoms with E-state index in [9.17, 15) is 0 Å². The molecule has 1 aliphatic heterocycles. The van der Waals surface area contributed by atoms with Crippen molar-refractivity contribution in [3.63, 3.8) is 0 Å². The molecule has 1 atom stereocenters. The van der Waals surface area contributed by atoms with Crippen LogP contribution in [0.1, 0.15) is 12.5 Å². The van der Waals surface area contributed by atoms with E-state index in [1.54, 1.807) is 0 Å². The number of hydrogen-bond donors (Lipinski definition) is 0. The van der Waals surface area contributed by atoms with Gasteiger partial charge in [0.25, 0.3) is 0 Å². The lowest BCUT2D eigenvalue weighted by Crippen LogP contribution is -2.00. The van der Waals surface area contributed by atoms with Gasteiger partial charge in [-0.2, -0.15) is 0 Å². The van der Waals surface area contributed by atoms with Crippen molar-refractivity contribution in [2.24, 2.45) is 0 Å². The van der Waals surface area contributed by atoms with Crippen LogP contribution < -0.4 is 0 Å². The molecule has 0 unspecified atom stereocenters. The van der Waals surface area contributed by atoms with Gasteiger partial charge in [-0.1, -0.05) is 28.1 Å². The molecule has 1 aromatic rings. The summed E-state index contributed by atoms with van der Waals surface area (Å²) in [4.78, 5) is 0. The molecule has 2 heteroatoms. The van der Waals surface area contributed by atoms with Gasteiger partial charge in [0.2, 0.25) is 0 Å². The van der Waals surface area contributed by atoms with Crippen LogP contribution in [0.5, 0.6) is 0 Å². The van der Waals surface area contributed by atoms with Crippen LogP contribution in [0.3, 0.4) is 0 Å². The third kappa shape index (κ3) is 1.33. The highest BCUT2D eigenvalue weighted by Crippen LogP contribution is 2.37. The van der Waals surface area contributed by atoms with E-state index in [1.807, 2.05) is 12.1 Å². The van der Waals surface area contributed by atoms with Crippen molar-refractivity contribution in [2.45, 2.75) is 12.5 Å². The second kappa shape index (κ2) is 2.32. The Morgan fingerprint density at radius 3 is 2.36 bits per heavy atom. The fourth-order valence-corrected chi connectivity index (χ4v) is 1.34. The predicted molar refractivity (Wildman–Crippen MR) is 47.4 cm³/mol. The van der Waals surface area contributed by atoms with Gasteiger partial charge in [-0.15, -0.1) is 0 Å². The molecule has 0 spiro atoms. The standard InChI is InChI=1S/C9H9BrO/c1-9(6-11-9)7-2-4-8(10)5-3-7/h2-5H,6H2,1H3/t9-/m1/s1. The van der Waals surface area contributed by atoms with E-state index in [-0.39, 0.29) is 5.60 Å². The van der Waals surface area contributed by atoms with Crippen LogP contribution in [0.4, 0.5) is 0 Å². The first kappa shape index (κ1) is 7.32. The summed E-state index contributed by atoms with van der Waals surface area (Å²) in [5.74, 6) is 0. The summed E-state index contributed by atoms with van der Waals surface area (Å²) in [5, 5.41) is 0. The molecule has 11 heavy (non-hydrogen) atoms. The van der Waals surface area contributed by atoms with Crippen LogP contribution in [-0.4, -0.2) is 6.61 Å². The lowest BCUT2D eigenvalue weighted by Gasteiger charge is -2.03. The fourth-order valence-electron chi connectivity index (χ4n) is 1.08. The largest absolute Gasteiger partial charge is 0.365 e. The number of rotatable bonds is 1. The summed E-state index contributed by atoms with van der Waals surface area (Å²) >= 11 is 3.39. The smallest absolute Gasteiger partial charge is 0.114 e. The quantitative estimate of drug-likeness (QED) is 0.653. The van der Waals surface area contributed by atoms with Crippen LogP contribution in [0.15, 0.2) is 28.7 Å². The van der Waals surface area contributed by atoms with Gasteiger partial charge in [0.1, 0.15) is 5.60 Å². The Labute approximate surface area is 74.5 Å². The Balaban J connectivity index is 2.33. The van der Waals surface area contributed by atoms with E-state index in [0.717, 1.165) is 11.1 Å². The summed E-state index contributed by atoms with van der Waals surface area (Å²) in [6.07, 6.45) is 0. The molecule has 1 nitrogen and oxygen atoms in total. The van der Waals surface area contributed by atoms with Crippen LogP contribution in [0, 0.1) is 0 Å². The molecule has 0 amide bonds. The van der Waals surface area contributed by atoms with Gasteiger partial charge >= 0.3 is 0 Å². The summed E-state index contributed by atoms with van der Waals surface area (Å²) in [5.41, 5.74) is 1.28. The Morgan fingerprint density at radius 1 is 1.36 bits per heavy atom. The minimum Gasteiger partial charge on any atom is -0.365 e. The molecule has 1 heterocycles. The SMILES string of the molecule is C[C@]1(c2ccc(Br)cc2)CO1. The average Bonchev–Trinajstić information content (AvgIpc) is 2.70. The third-order valence-corrected chi connectivity index (χ3v) is 2.56. The molecule has 2 rings (SSSR count). The molecule has 58 valence electrons. The maximum Gasteiger partial charge on any atom is 0.114 e. The molecule has 1 saturated heterocycles.